The van der Waals surface area contributed by atoms with Crippen LogP contribution in [0.4, 0.5) is 16.2 Å². The Morgan fingerprint density at radius 2 is 1.93 bits per heavy atom. The van der Waals surface area contributed by atoms with Crippen LogP contribution in [0.15, 0.2) is 64.2 Å². The molecule has 41 heavy (non-hydrogen) atoms. The van der Waals surface area contributed by atoms with Crippen molar-refractivity contribution in [1.29, 1.82) is 0 Å². The molecular weight excluding hydrogens is 568 g/mol. The van der Waals surface area contributed by atoms with E-state index in [4.69, 9.17) is 9.47 Å². The van der Waals surface area contributed by atoms with Gasteiger partial charge in [0.2, 0.25) is 0 Å². The van der Waals surface area contributed by atoms with E-state index >= 15 is 0 Å². The topological polar surface area (TPSA) is 138 Å². The van der Waals surface area contributed by atoms with Gasteiger partial charge in [0.25, 0.3) is 15.9 Å². The Morgan fingerprint density at radius 1 is 1.22 bits per heavy atom. The van der Waals surface area contributed by atoms with E-state index in [1.54, 1.807) is 67.8 Å². The van der Waals surface area contributed by atoms with Crippen LogP contribution in [0.25, 0.3) is 0 Å². The highest BCUT2D eigenvalue weighted by molar-refractivity contribution is 7.94. The second-order valence-electron chi connectivity index (χ2n) is 9.91. The molecule has 0 fully saturated rings. The van der Waals surface area contributed by atoms with Crippen molar-refractivity contribution in [3.8, 4) is 11.5 Å². The number of carbonyl (C=O) groups excluding carboxylic acids is 2. The van der Waals surface area contributed by atoms with Gasteiger partial charge in [-0.1, -0.05) is 13.0 Å². The SMILES string of the molecule is COc1ccc(NC(=O)N(C)C[C@H]2Oc3ccc(NS(=O)(=O)c4cccs4)cc3C(=O)N([C@@H](C)CO)C[C@@H]2C)cc1. The zero-order valence-corrected chi connectivity index (χ0v) is 24.9. The minimum atomic E-state index is -3.83. The summed E-state index contributed by atoms with van der Waals surface area (Å²) in [6.07, 6.45) is -0.518. The number of likely N-dealkylation sites (N-methyl/N-ethyl adjacent to an activating group) is 1. The highest BCUT2D eigenvalue weighted by Crippen LogP contribution is 2.32. The van der Waals surface area contributed by atoms with Crippen LogP contribution in [0, 0.1) is 5.92 Å². The number of hydrogen-bond donors (Lipinski definition) is 3. The van der Waals surface area contributed by atoms with E-state index in [-0.39, 0.29) is 52.9 Å². The molecule has 1 aliphatic heterocycles. The van der Waals surface area contributed by atoms with E-state index in [2.05, 4.69) is 10.0 Å². The van der Waals surface area contributed by atoms with Crippen LogP contribution in [-0.2, 0) is 10.0 Å². The number of methoxy groups -OCH3 is 1. The zero-order chi connectivity index (χ0) is 29.7. The molecule has 3 atom stereocenters. The van der Waals surface area contributed by atoms with Crippen LogP contribution in [0.3, 0.4) is 0 Å². The van der Waals surface area contributed by atoms with Crippen LogP contribution < -0.4 is 19.5 Å². The number of ether oxygens (including phenoxy) is 2. The number of rotatable bonds is 9. The highest BCUT2D eigenvalue weighted by atomic mass is 32.2. The van der Waals surface area contributed by atoms with Gasteiger partial charge in [-0.15, -0.1) is 11.3 Å². The van der Waals surface area contributed by atoms with Gasteiger partial charge in [0.15, 0.2) is 0 Å². The molecule has 1 aromatic heterocycles. The van der Waals surface area contributed by atoms with E-state index in [0.29, 0.717) is 11.4 Å². The molecule has 2 aromatic carbocycles. The average molecular weight is 603 g/mol. The summed E-state index contributed by atoms with van der Waals surface area (Å²) in [6, 6.07) is 13.8. The second-order valence-corrected chi connectivity index (χ2v) is 12.8. The third-order valence-electron chi connectivity index (χ3n) is 6.82. The molecule has 0 aliphatic carbocycles. The Bertz CT molecular complexity index is 1460. The molecule has 2 heterocycles. The van der Waals surface area contributed by atoms with E-state index in [0.717, 1.165) is 11.3 Å². The molecule has 3 aromatic rings. The number of sulfonamides is 1. The molecule has 4 rings (SSSR count). The number of urea groups is 1. The van der Waals surface area contributed by atoms with Crippen molar-refractivity contribution in [3.05, 3.63) is 65.5 Å². The zero-order valence-electron chi connectivity index (χ0n) is 23.2. The lowest BCUT2D eigenvalue weighted by molar-refractivity contribution is 0.0371. The van der Waals surface area contributed by atoms with Gasteiger partial charge in [0, 0.05) is 30.9 Å². The molecule has 220 valence electrons. The summed E-state index contributed by atoms with van der Waals surface area (Å²) in [5, 5.41) is 14.4. The van der Waals surface area contributed by atoms with Gasteiger partial charge in [-0.2, -0.15) is 0 Å². The summed E-state index contributed by atoms with van der Waals surface area (Å²) >= 11 is 1.08. The van der Waals surface area contributed by atoms with Crippen LogP contribution in [-0.4, -0.2) is 81.3 Å². The molecule has 0 radical (unpaired) electrons. The predicted octanol–water partition coefficient (Wildman–Crippen LogP) is 3.94. The van der Waals surface area contributed by atoms with Crippen molar-refractivity contribution in [2.75, 3.05) is 43.9 Å². The number of aliphatic hydroxyl groups is 1. The molecule has 0 saturated carbocycles. The number of nitrogens with one attached hydrogen (secondary N) is 2. The molecule has 0 unspecified atom stereocenters. The number of thiophene rings is 1. The van der Waals surface area contributed by atoms with E-state index in [1.807, 2.05) is 6.92 Å². The van der Waals surface area contributed by atoms with Gasteiger partial charge in [-0.25, -0.2) is 13.2 Å². The Morgan fingerprint density at radius 3 is 2.56 bits per heavy atom. The monoisotopic (exact) mass is 602 g/mol. The summed E-state index contributed by atoms with van der Waals surface area (Å²) in [5.74, 6) is 0.319. The van der Waals surface area contributed by atoms with Crippen LogP contribution >= 0.6 is 11.3 Å². The number of anilines is 2. The Balaban J connectivity index is 1.58. The maximum absolute atomic E-state index is 13.6. The summed E-state index contributed by atoms with van der Waals surface area (Å²) in [6.45, 7) is 3.85. The summed E-state index contributed by atoms with van der Waals surface area (Å²) < 4.78 is 39.7. The van der Waals surface area contributed by atoms with Crippen molar-refractivity contribution >= 4 is 44.7 Å². The maximum atomic E-state index is 13.6. The van der Waals surface area contributed by atoms with Gasteiger partial charge in [0.05, 0.1) is 31.9 Å². The first-order valence-corrected chi connectivity index (χ1v) is 15.3. The first-order chi connectivity index (χ1) is 19.5. The van der Waals surface area contributed by atoms with Crippen LogP contribution in [0.5, 0.6) is 11.5 Å². The third kappa shape index (κ3) is 7.10. The first-order valence-electron chi connectivity index (χ1n) is 13.0. The molecule has 3 amide bonds. The van der Waals surface area contributed by atoms with Crippen molar-refractivity contribution < 1.29 is 32.6 Å². The minimum absolute atomic E-state index is 0.146. The predicted molar refractivity (Wildman–Crippen MR) is 157 cm³/mol. The number of nitrogens with zero attached hydrogens (tertiary/aromatic N) is 2. The van der Waals surface area contributed by atoms with Crippen molar-refractivity contribution in [2.45, 2.75) is 30.2 Å². The van der Waals surface area contributed by atoms with Crippen LogP contribution in [0.2, 0.25) is 0 Å². The molecule has 3 N–H and O–H groups in total. The third-order valence-corrected chi connectivity index (χ3v) is 9.60. The Kier molecular flexibility index (Phi) is 9.41. The van der Waals surface area contributed by atoms with Gasteiger partial charge >= 0.3 is 6.03 Å². The van der Waals surface area contributed by atoms with Gasteiger partial charge in [-0.05, 0) is 60.8 Å². The molecule has 1 aliphatic rings. The van der Waals surface area contributed by atoms with Gasteiger partial charge < -0.3 is 29.7 Å². The summed E-state index contributed by atoms with van der Waals surface area (Å²) in [5.41, 5.74) is 0.955. The molecule has 13 heteroatoms. The normalized spacial score (nSPS) is 17.9. The second kappa shape index (κ2) is 12.8. The summed E-state index contributed by atoms with van der Waals surface area (Å²) in [7, 11) is -0.620. The van der Waals surface area contributed by atoms with Crippen molar-refractivity contribution in [2.24, 2.45) is 5.92 Å². The van der Waals surface area contributed by atoms with Gasteiger partial charge in [0.1, 0.15) is 21.8 Å². The largest absolute Gasteiger partial charge is 0.497 e. The standard InChI is InChI=1S/C28H34N4O7S2/c1-18-15-32(19(2)17-33)27(34)23-14-21(30-41(36,37)26-6-5-13-40-26)9-12-24(23)39-25(18)16-31(3)28(35)29-20-7-10-22(38-4)11-8-20/h5-14,18-19,25,30,33H,15-17H2,1-4H3,(H,29,35)/t18-,19-,25+/m0/s1. The fourth-order valence-corrected chi connectivity index (χ4v) is 6.41. The average Bonchev–Trinajstić information content (AvgIpc) is 3.51. The lowest BCUT2D eigenvalue weighted by Crippen LogP contribution is -2.50. The van der Waals surface area contributed by atoms with Gasteiger partial charge in [-0.3, -0.25) is 9.52 Å². The van der Waals surface area contributed by atoms with Crippen LogP contribution in [0.1, 0.15) is 24.2 Å². The lowest BCUT2D eigenvalue weighted by atomic mass is 9.99. The number of aliphatic hydroxyl groups excluding tert-OH is 1. The molecular formula is C28H34N4O7S2. The minimum Gasteiger partial charge on any atom is -0.497 e. The van der Waals surface area contributed by atoms with E-state index < -0.39 is 28.1 Å². The van der Waals surface area contributed by atoms with E-state index in [9.17, 15) is 23.1 Å². The number of carbonyl (C=O) groups is 2. The molecule has 0 spiro atoms. The Labute approximate surface area is 243 Å². The number of fused-ring (bicyclic) bond motifs is 1. The van der Waals surface area contributed by atoms with E-state index in [1.165, 1.54) is 23.1 Å². The molecule has 11 nitrogen and oxygen atoms in total. The van der Waals surface area contributed by atoms with Crippen molar-refractivity contribution in [1.82, 2.24) is 9.80 Å². The lowest BCUT2D eigenvalue weighted by Gasteiger charge is -2.38. The first kappa shape index (κ1) is 30.2. The fourth-order valence-electron chi connectivity index (χ4n) is 4.37. The number of amides is 3. The fraction of sp³-hybridized carbons (Fsp3) is 0.357. The molecule has 0 saturated heterocycles. The highest BCUT2D eigenvalue weighted by Gasteiger charge is 2.34. The summed E-state index contributed by atoms with van der Waals surface area (Å²) in [4.78, 5) is 29.7. The number of benzene rings is 2. The smallest absolute Gasteiger partial charge is 0.321 e. The molecule has 0 bridgehead atoms. The quantitative estimate of drug-likeness (QED) is 0.337. The van der Waals surface area contributed by atoms with Crippen molar-refractivity contribution in [3.63, 3.8) is 0 Å². The Hall–Kier alpha value is -3.81. The number of hydrogen-bond acceptors (Lipinski definition) is 8. The maximum Gasteiger partial charge on any atom is 0.321 e.